The largest absolute Gasteiger partial charge is 0.496 e. The van der Waals surface area contributed by atoms with Crippen molar-refractivity contribution in [2.75, 3.05) is 38.0 Å². The van der Waals surface area contributed by atoms with Gasteiger partial charge in [0.05, 0.1) is 26.1 Å². The number of hydrogen-bond donors (Lipinski definition) is 1. The Kier molecular flexibility index (Phi) is 6.63. The van der Waals surface area contributed by atoms with E-state index in [0.29, 0.717) is 22.9 Å². The Morgan fingerprint density at radius 1 is 1.03 bits per heavy atom. The van der Waals surface area contributed by atoms with E-state index in [1.807, 2.05) is 25.2 Å². The van der Waals surface area contributed by atoms with E-state index in [1.54, 1.807) is 42.9 Å². The van der Waals surface area contributed by atoms with E-state index in [2.05, 4.69) is 20.2 Å². The number of anilines is 2. The SMILES string of the molecule is COc1cccc(OC)c1C(=O)Nc1ccc(N(C)CCc2ccncc2)cn1. The number of rotatable bonds is 8. The van der Waals surface area contributed by atoms with E-state index >= 15 is 0 Å². The molecule has 2 aromatic heterocycles. The van der Waals surface area contributed by atoms with Gasteiger partial charge in [-0.05, 0) is 48.4 Å². The summed E-state index contributed by atoms with van der Waals surface area (Å²) < 4.78 is 10.6. The van der Waals surface area contributed by atoms with Crippen LogP contribution in [0.5, 0.6) is 11.5 Å². The van der Waals surface area contributed by atoms with Crippen LogP contribution in [-0.2, 0) is 6.42 Å². The fraction of sp³-hybridized carbons (Fsp3) is 0.227. The standard InChI is InChI=1S/C22H24N4O3/c1-26(14-11-16-9-12-23-13-10-16)17-7-8-20(24-15-17)25-22(27)21-18(28-2)5-4-6-19(21)29-3/h4-10,12-13,15H,11,14H2,1-3H3,(H,24,25,27). The van der Waals surface area contributed by atoms with Gasteiger partial charge < -0.3 is 19.7 Å². The van der Waals surface area contributed by atoms with Gasteiger partial charge in [-0.15, -0.1) is 0 Å². The molecule has 1 amide bonds. The number of amides is 1. The molecular weight excluding hydrogens is 368 g/mol. The fourth-order valence-corrected chi connectivity index (χ4v) is 2.91. The predicted molar refractivity (Wildman–Crippen MR) is 113 cm³/mol. The molecule has 0 saturated carbocycles. The molecule has 1 N–H and O–H groups in total. The van der Waals surface area contributed by atoms with Gasteiger partial charge in [-0.1, -0.05) is 6.07 Å². The lowest BCUT2D eigenvalue weighted by molar-refractivity contribution is 0.102. The van der Waals surface area contributed by atoms with Crippen LogP contribution in [0.15, 0.2) is 61.1 Å². The molecule has 0 spiro atoms. The normalized spacial score (nSPS) is 10.3. The number of ether oxygens (including phenoxy) is 2. The number of nitrogens with one attached hydrogen (secondary N) is 1. The Balaban J connectivity index is 1.65. The molecule has 0 saturated heterocycles. The van der Waals surface area contributed by atoms with Gasteiger partial charge in [0.15, 0.2) is 0 Å². The first-order valence-electron chi connectivity index (χ1n) is 9.21. The van der Waals surface area contributed by atoms with E-state index in [0.717, 1.165) is 18.7 Å². The summed E-state index contributed by atoms with van der Waals surface area (Å²) in [5, 5.41) is 2.80. The summed E-state index contributed by atoms with van der Waals surface area (Å²) in [5.41, 5.74) is 2.53. The van der Waals surface area contributed by atoms with Crippen LogP contribution in [0.3, 0.4) is 0 Å². The van der Waals surface area contributed by atoms with Gasteiger partial charge in [-0.2, -0.15) is 0 Å². The van der Waals surface area contributed by atoms with Gasteiger partial charge in [0, 0.05) is 26.0 Å². The minimum atomic E-state index is -0.342. The van der Waals surface area contributed by atoms with Gasteiger partial charge in [0.2, 0.25) is 0 Å². The smallest absolute Gasteiger partial charge is 0.264 e. The number of pyridine rings is 2. The molecule has 3 rings (SSSR count). The van der Waals surface area contributed by atoms with Crippen molar-refractivity contribution in [2.45, 2.75) is 6.42 Å². The molecule has 0 aliphatic carbocycles. The Morgan fingerprint density at radius 3 is 2.31 bits per heavy atom. The minimum Gasteiger partial charge on any atom is -0.496 e. The number of benzene rings is 1. The highest BCUT2D eigenvalue weighted by Crippen LogP contribution is 2.29. The molecule has 1 aromatic carbocycles. The van der Waals surface area contributed by atoms with Crippen molar-refractivity contribution in [2.24, 2.45) is 0 Å². The Hall–Kier alpha value is -3.61. The van der Waals surface area contributed by atoms with Crippen LogP contribution >= 0.6 is 0 Å². The number of hydrogen-bond acceptors (Lipinski definition) is 6. The highest BCUT2D eigenvalue weighted by Gasteiger charge is 2.18. The first-order valence-corrected chi connectivity index (χ1v) is 9.21. The van der Waals surface area contributed by atoms with Crippen LogP contribution in [0.2, 0.25) is 0 Å². The molecule has 150 valence electrons. The molecule has 7 nitrogen and oxygen atoms in total. The molecule has 29 heavy (non-hydrogen) atoms. The van der Waals surface area contributed by atoms with Crippen molar-refractivity contribution >= 4 is 17.4 Å². The maximum atomic E-state index is 12.7. The second-order valence-electron chi connectivity index (χ2n) is 6.42. The topological polar surface area (TPSA) is 76.6 Å². The Labute approximate surface area is 170 Å². The summed E-state index contributed by atoms with van der Waals surface area (Å²) in [4.78, 5) is 23.2. The summed E-state index contributed by atoms with van der Waals surface area (Å²) in [6.45, 7) is 0.843. The molecular formula is C22H24N4O3. The van der Waals surface area contributed by atoms with Crippen molar-refractivity contribution in [3.05, 3.63) is 72.2 Å². The number of carbonyl (C=O) groups excluding carboxylic acids is 1. The van der Waals surface area contributed by atoms with Gasteiger partial charge in [-0.25, -0.2) is 4.98 Å². The minimum absolute atomic E-state index is 0.331. The molecule has 0 bridgehead atoms. The molecule has 2 heterocycles. The highest BCUT2D eigenvalue weighted by atomic mass is 16.5. The van der Waals surface area contributed by atoms with Crippen LogP contribution in [0, 0.1) is 0 Å². The maximum Gasteiger partial charge on any atom is 0.264 e. The quantitative estimate of drug-likeness (QED) is 0.633. The number of nitrogens with zero attached hydrogens (tertiary/aromatic N) is 3. The van der Waals surface area contributed by atoms with E-state index in [9.17, 15) is 4.79 Å². The van der Waals surface area contributed by atoms with Gasteiger partial charge in [0.1, 0.15) is 22.9 Å². The monoisotopic (exact) mass is 392 g/mol. The number of likely N-dealkylation sites (N-methyl/N-ethyl adjacent to an activating group) is 1. The predicted octanol–water partition coefficient (Wildman–Crippen LogP) is 3.43. The van der Waals surface area contributed by atoms with Crippen LogP contribution in [0.4, 0.5) is 11.5 Å². The van der Waals surface area contributed by atoms with E-state index in [4.69, 9.17) is 9.47 Å². The third-order valence-corrected chi connectivity index (χ3v) is 4.57. The summed E-state index contributed by atoms with van der Waals surface area (Å²) in [7, 11) is 5.04. The second-order valence-corrected chi connectivity index (χ2v) is 6.42. The zero-order chi connectivity index (χ0) is 20.6. The van der Waals surface area contributed by atoms with Crippen LogP contribution in [-0.4, -0.2) is 43.7 Å². The molecule has 0 atom stereocenters. The van der Waals surface area contributed by atoms with Crippen LogP contribution in [0.25, 0.3) is 0 Å². The molecule has 0 unspecified atom stereocenters. The number of methoxy groups -OCH3 is 2. The van der Waals surface area contributed by atoms with Crippen molar-refractivity contribution in [1.29, 1.82) is 0 Å². The van der Waals surface area contributed by atoms with Crippen molar-refractivity contribution in [3.63, 3.8) is 0 Å². The van der Waals surface area contributed by atoms with E-state index in [1.165, 1.54) is 19.8 Å². The van der Waals surface area contributed by atoms with Crippen LogP contribution < -0.4 is 19.7 Å². The van der Waals surface area contributed by atoms with Gasteiger partial charge in [0.25, 0.3) is 5.91 Å². The van der Waals surface area contributed by atoms with E-state index < -0.39 is 0 Å². The highest BCUT2D eigenvalue weighted by molar-refractivity contribution is 6.07. The third kappa shape index (κ3) is 5.01. The Bertz CT molecular complexity index is 924. The maximum absolute atomic E-state index is 12.7. The molecule has 0 fully saturated rings. The molecule has 0 aliphatic heterocycles. The first kappa shape index (κ1) is 20.1. The third-order valence-electron chi connectivity index (χ3n) is 4.57. The van der Waals surface area contributed by atoms with Gasteiger partial charge >= 0.3 is 0 Å². The average Bonchev–Trinajstić information content (AvgIpc) is 2.77. The lowest BCUT2D eigenvalue weighted by atomic mass is 10.1. The zero-order valence-corrected chi connectivity index (χ0v) is 16.8. The first-order chi connectivity index (χ1) is 14.1. The van der Waals surface area contributed by atoms with Crippen molar-refractivity contribution in [1.82, 2.24) is 9.97 Å². The molecule has 7 heteroatoms. The molecule has 0 radical (unpaired) electrons. The second kappa shape index (κ2) is 9.54. The lowest BCUT2D eigenvalue weighted by Crippen LogP contribution is -2.21. The summed E-state index contributed by atoms with van der Waals surface area (Å²) in [6, 6.07) is 12.9. The van der Waals surface area contributed by atoms with Crippen molar-refractivity contribution in [3.8, 4) is 11.5 Å². The average molecular weight is 392 g/mol. The zero-order valence-electron chi connectivity index (χ0n) is 16.8. The van der Waals surface area contributed by atoms with Crippen LogP contribution in [0.1, 0.15) is 15.9 Å². The summed E-state index contributed by atoms with van der Waals surface area (Å²) in [5.74, 6) is 0.989. The van der Waals surface area contributed by atoms with Crippen molar-refractivity contribution < 1.29 is 14.3 Å². The number of aromatic nitrogens is 2. The fourth-order valence-electron chi connectivity index (χ4n) is 2.91. The number of carbonyl (C=O) groups is 1. The summed E-state index contributed by atoms with van der Waals surface area (Å²) >= 11 is 0. The molecule has 0 aliphatic rings. The Morgan fingerprint density at radius 2 is 1.72 bits per heavy atom. The summed E-state index contributed by atoms with van der Waals surface area (Å²) in [6.07, 6.45) is 6.24. The van der Waals surface area contributed by atoms with E-state index in [-0.39, 0.29) is 5.91 Å². The molecule has 3 aromatic rings. The van der Waals surface area contributed by atoms with Gasteiger partial charge in [-0.3, -0.25) is 9.78 Å². The lowest BCUT2D eigenvalue weighted by Gasteiger charge is -2.19.